The molecule has 0 radical (unpaired) electrons. The van der Waals surface area contributed by atoms with Gasteiger partial charge in [0.15, 0.2) is 0 Å². The second-order valence-corrected chi connectivity index (χ2v) is 10.6. The lowest BCUT2D eigenvalue weighted by atomic mass is 10.0. The van der Waals surface area contributed by atoms with E-state index in [-0.39, 0.29) is 55.8 Å². The topological polar surface area (TPSA) is 163 Å². The molecule has 0 aliphatic heterocycles. The quantitative estimate of drug-likeness (QED) is 0.153. The minimum absolute atomic E-state index is 0.0376. The van der Waals surface area contributed by atoms with Gasteiger partial charge in [-0.15, -0.1) is 0 Å². The number of thiol groups is 1. The zero-order chi connectivity index (χ0) is 30.2. The van der Waals surface area contributed by atoms with Crippen LogP contribution in [-0.2, 0) is 30.3 Å². The fraction of sp³-hybridized carbons (Fsp3) is 0.593. The van der Waals surface area contributed by atoms with Crippen molar-refractivity contribution in [2.45, 2.75) is 71.5 Å². The molecule has 13 heteroatoms. The zero-order valence-corrected chi connectivity index (χ0v) is 24.3. The van der Waals surface area contributed by atoms with Gasteiger partial charge < -0.3 is 31.1 Å². The molecule has 224 valence electrons. The number of ether oxygens (including phenoxy) is 1. The first kappa shape index (κ1) is 34.7. The second-order valence-electron chi connectivity index (χ2n) is 10.2. The molecule has 0 aliphatic rings. The van der Waals surface area contributed by atoms with E-state index in [0.29, 0.717) is 5.56 Å². The van der Waals surface area contributed by atoms with E-state index in [0.717, 1.165) is 0 Å². The van der Waals surface area contributed by atoms with Crippen LogP contribution in [0.4, 0.5) is 9.18 Å². The van der Waals surface area contributed by atoms with Gasteiger partial charge in [-0.25, -0.2) is 9.18 Å². The monoisotopic (exact) mass is 584 g/mol. The van der Waals surface area contributed by atoms with Crippen LogP contribution in [0.15, 0.2) is 24.3 Å². The summed E-state index contributed by atoms with van der Waals surface area (Å²) in [5, 5.41) is 19.2. The number of hydrogen-bond donors (Lipinski definition) is 6. The highest BCUT2D eigenvalue weighted by Crippen LogP contribution is 2.09. The highest BCUT2D eigenvalue weighted by molar-refractivity contribution is 7.80. The Morgan fingerprint density at radius 3 is 2.10 bits per heavy atom. The third-order valence-corrected chi connectivity index (χ3v) is 5.98. The Morgan fingerprint density at radius 1 is 0.900 bits per heavy atom. The Kier molecular flexibility index (Phi) is 15.7. The van der Waals surface area contributed by atoms with Crippen LogP contribution >= 0.6 is 12.6 Å². The number of carbonyl (C=O) groups excluding carboxylic acids is 4. The van der Waals surface area contributed by atoms with Gasteiger partial charge in [0.1, 0.15) is 23.9 Å². The molecule has 0 saturated carbocycles. The molecule has 11 nitrogen and oxygen atoms in total. The average Bonchev–Trinajstić information content (AvgIpc) is 2.88. The summed E-state index contributed by atoms with van der Waals surface area (Å²) in [7, 11) is 0. The number of aliphatic carboxylic acids is 1. The molecule has 40 heavy (non-hydrogen) atoms. The van der Waals surface area contributed by atoms with Crippen LogP contribution in [-0.4, -0.2) is 71.9 Å². The maximum atomic E-state index is 13.8. The molecule has 0 unspecified atom stereocenters. The number of carboxylic acid groups (broad SMARTS) is 1. The summed E-state index contributed by atoms with van der Waals surface area (Å²) in [6.45, 7) is 7.57. The number of carbonyl (C=O) groups is 5. The van der Waals surface area contributed by atoms with Crippen molar-refractivity contribution in [1.29, 1.82) is 0 Å². The molecular weight excluding hydrogens is 543 g/mol. The maximum Gasteiger partial charge on any atom is 0.407 e. The van der Waals surface area contributed by atoms with Crippen LogP contribution in [0.1, 0.15) is 52.5 Å². The Labute approximate surface area is 239 Å². The Hall–Kier alpha value is -3.35. The number of carboxylic acids is 1. The SMILES string of the molecule is CC(C)COC(=O)N[C@@H](CCC(=O)O)C(=O)N[C@@H](CC(C)C)C(=O)N[C@@H](CS)C(=O)NCCc1ccccc1F. The van der Waals surface area contributed by atoms with E-state index in [1.807, 2.05) is 27.7 Å². The summed E-state index contributed by atoms with van der Waals surface area (Å²) in [4.78, 5) is 62.1. The number of benzene rings is 1. The second kappa shape index (κ2) is 18.1. The van der Waals surface area contributed by atoms with Gasteiger partial charge in [-0.05, 0) is 42.7 Å². The summed E-state index contributed by atoms with van der Waals surface area (Å²) >= 11 is 4.16. The van der Waals surface area contributed by atoms with Crippen LogP contribution < -0.4 is 21.3 Å². The van der Waals surface area contributed by atoms with Crippen LogP contribution in [0.25, 0.3) is 0 Å². The first-order valence-corrected chi connectivity index (χ1v) is 13.8. The van der Waals surface area contributed by atoms with E-state index in [4.69, 9.17) is 9.84 Å². The molecular formula is C27H41FN4O7S. The van der Waals surface area contributed by atoms with E-state index >= 15 is 0 Å². The number of amides is 4. The summed E-state index contributed by atoms with van der Waals surface area (Å²) < 4.78 is 18.9. The molecule has 0 aromatic heterocycles. The van der Waals surface area contributed by atoms with Crippen LogP contribution in [0.2, 0.25) is 0 Å². The first-order chi connectivity index (χ1) is 18.8. The molecule has 0 fully saturated rings. The molecule has 1 aromatic carbocycles. The molecule has 0 spiro atoms. The molecule has 0 aliphatic carbocycles. The third-order valence-electron chi connectivity index (χ3n) is 5.61. The van der Waals surface area contributed by atoms with E-state index in [1.54, 1.807) is 18.2 Å². The molecule has 4 amide bonds. The minimum atomic E-state index is -1.26. The van der Waals surface area contributed by atoms with E-state index < -0.39 is 54.3 Å². The smallest absolute Gasteiger partial charge is 0.407 e. The van der Waals surface area contributed by atoms with Crippen molar-refractivity contribution in [2.24, 2.45) is 11.8 Å². The lowest BCUT2D eigenvalue weighted by molar-refractivity contribution is -0.137. The molecule has 0 bridgehead atoms. The summed E-state index contributed by atoms with van der Waals surface area (Å²) in [6.07, 6.45) is -1.06. The summed E-state index contributed by atoms with van der Waals surface area (Å²) in [6, 6.07) is 2.82. The van der Waals surface area contributed by atoms with Gasteiger partial charge in [-0.3, -0.25) is 19.2 Å². The molecule has 0 saturated heterocycles. The van der Waals surface area contributed by atoms with Crippen molar-refractivity contribution in [2.75, 3.05) is 18.9 Å². The first-order valence-electron chi connectivity index (χ1n) is 13.2. The number of nitrogens with one attached hydrogen (secondary N) is 4. The molecule has 5 N–H and O–H groups in total. The Morgan fingerprint density at radius 2 is 1.52 bits per heavy atom. The molecule has 0 heterocycles. The van der Waals surface area contributed by atoms with Crippen molar-refractivity contribution in [1.82, 2.24) is 21.3 Å². The van der Waals surface area contributed by atoms with Crippen molar-refractivity contribution >= 4 is 42.4 Å². The highest BCUT2D eigenvalue weighted by atomic mass is 32.1. The lowest BCUT2D eigenvalue weighted by Crippen LogP contribution is -2.57. The fourth-order valence-electron chi connectivity index (χ4n) is 3.55. The van der Waals surface area contributed by atoms with Gasteiger partial charge in [-0.1, -0.05) is 45.9 Å². The Bertz CT molecular complexity index is 1010. The third kappa shape index (κ3) is 13.6. The van der Waals surface area contributed by atoms with E-state index in [2.05, 4.69) is 33.9 Å². The number of rotatable bonds is 17. The minimum Gasteiger partial charge on any atom is -0.481 e. The predicted molar refractivity (Wildman–Crippen MR) is 150 cm³/mol. The van der Waals surface area contributed by atoms with Crippen LogP contribution in [0.3, 0.4) is 0 Å². The normalized spacial score (nSPS) is 13.2. The molecule has 1 aromatic rings. The van der Waals surface area contributed by atoms with Crippen LogP contribution in [0.5, 0.6) is 0 Å². The summed E-state index contributed by atoms with van der Waals surface area (Å²) in [5.41, 5.74) is 0.438. The zero-order valence-electron chi connectivity index (χ0n) is 23.4. The van der Waals surface area contributed by atoms with Gasteiger partial charge in [-0.2, -0.15) is 12.6 Å². The van der Waals surface area contributed by atoms with Crippen molar-refractivity contribution in [3.63, 3.8) is 0 Å². The van der Waals surface area contributed by atoms with Crippen molar-refractivity contribution in [3.05, 3.63) is 35.6 Å². The molecule has 3 atom stereocenters. The lowest BCUT2D eigenvalue weighted by Gasteiger charge is -2.25. The summed E-state index contributed by atoms with van der Waals surface area (Å²) in [5.74, 6) is -3.51. The fourth-order valence-corrected chi connectivity index (χ4v) is 3.81. The van der Waals surface area contributed by atoms with E-state index in [1.165, 1.54) is 6.07 Å². The van der Waals surface area contributed by atoms with Gasteiger partial charge in [0, 0.05) is 18.7 Å². The molecule has 1 rings (SSSR count). The van der Waals surface area contributed by atoms with Crippen molar-refractivity contribution in [3.8, 4) is 0 Å². The van der Waals surface area contributed by atoms with Gasteiger partial charge in [0.25, 0.3) is 0 Å². The predicted octanol–water partition coefficient (Wildman–Crippen LogP) is 2.05. The largest absolute Gasteiger partial charge is 0.481 e. The highest BCUT2D eigenvalue weighted by Gasteiger charge is 2.30. The van der Waals surface area contributed by atoms with Gasteiger partial charge in [0.05, 0.1) is 6.61 Å². The van der Waals surface area contributed by atoms with E-state index in [9.17, 15) is 28.4 Å². The maximum absolute atomic E-state index is 13.8. The van der Waals surface area contributed by atoms with Gasteiger partial charge >= 0.3 is 12.1 Å². The van der Waals surface area contributed by atoms with Crippen molar-refractivity contribution < 1.29 is 38.2 Å². The number of alkyl carbamates (subject to hydrolysis) is 1. The van der Waals surface area contributed by atoms with Crippen LogP contribution in [0, 0.1) is 17.7 Å². The number of halogens is 1. The average molecular weight is 585 g/mol. The number of hydrogen-bond acceptors (Lipinski definition) is 7. The Balaban J connectivity index is 2.86. The standard InChI is InChI=1S/C27H41FN4O7S/c1-16(2)13-21(30-25(36)20(9-10-23(33)34)32-27(38)39-14-17(3)4)26(37)31-22(15-40)24(35)29-12-11-18-7-5-6-8-19(18)28/h5-8,16-17,20-22,40H,9-15H2,1-4H3,(H,29,35)(H,30,36)(H,31,37)(H,32,38)(H,33,34)/t20-,21-,22-/m0/s1. The van der Waals surface area contributed by atoms with Gasteiger partial charge in [0.2, 0.25) is 17.7 Å².